The summed E-state index contributed by atoms with van der Waals surface area (Å²) in [5.74, 6) is 0.524. The quantitative estimate of drug-likeness (QED) is 0.637. The van der Waals surface area contributed by atoms with Crippen LogP contribution >= 0.6 is 11.6 Å². The van der Waals surface area contributed by atoms with E-state index in [9.17, 15) is 13.2 Å². The van der Waals surface area contributed by atoms with Gasteiger partial charge in [0.25, 0.3) is 10.0 Å². The molecule has 0 aliphatic carbocycles. The molecule has 0 atom stereocenters. The number of hydrogen-bond donors (Lipinski definition) is 1. The Balaban J connectivity index is 2.21. The Kier molecular flexibility index (Phi) is 7.68. The van der Waals surface area contributed by atoms with E-state index in [1.54, 1.807) is 29.2 Å². The summed E-state index contributed by atoms with van der Waals surface area (Å²) in [6, 6.07) is 13.9. The number of nitrogens with zero attached hydrogens (tertiary/aromatic N) is 1. The molecule has 2 aromatic carbocycles. The first-order chi connectivity index (χ1) is 12.9. The number of alkyl halides is 1. The first kappa shape index (κ1) is 21.3. The molecule has 1 N–H and O–H groups in total. The van der Waals surface area contributed by atoms with Gasteiger partial charge in [-0.15, -0.1) is 11.6 Å². The van der Waals surface area contributed by atoms with Crippen LogP contribution in [-0.2, 0) is 27.8 Å². The van der Waals surface area contributed by atoms with Crippen LogP contribution in [0, 0.1) is 0 Å². The molecule has 0 bridgehead atoms. The fraction of sp³-hybridized carbons (Fsp3) is 0.350. The Bertz CT molecular complexity index is 867. The number of carbonyl (C=O) groups is 1. The van der Waals surface area contributed by atoms with Gasteiger partial charge >= 0.3 is 0 Å². The standard InChI is InChI=1S/C20H25ClN2O3S/c1-3-23(16(2)24)15-18-8-4-5-9-20(18)22-27(25,26)19-12-10-17(11-13-19)7-6-14-21/h4-5,8-13,22H,3,6-7,14-15H2,1-2H3. The zero-order valence-electron chi connectivity index (χ0n) is 15.6. The second kappa shape index (κ2) is 9.76. The lowest BCUT2D eigenvalue weighted by Crippen LogP contribution is -2.28. The van der Waals surface area contributed by atoms with Crippen LogP contribution in [0.4, 0.5) is 5.69 Å². The van der Waals surface area contributed by atoms with Crippen LogP contribution in [0.2, 0.25) is 0 Å². The number of anilines is 1. The average molecular weight is 409 g/mol. The molecule has 5 nitrogen and oxygen atoms in total. The van der Waals surface area contributed by atoms with Gasteiger partial charge in [0.15, 0.2) is 0 Å². The third-order valence-electron chi connectivity index (χ3n) is 4.28. The van der Waals surface area contributed by atoms with Crippen LogP contribution in [0.5, 0.6) is 0 Å². The van der Waals surface area contributed by atoms with Crippen LogP contribution in [0.25, 0.3) is 0 Å². The first-order valence-corrected chi connectivity index (χ1v) is 10.9. The highest BCUT2D eigenvalue weighted by Crippen LogP contribution is 2.22. The summed E-state index contributed by atoms with van der Waals surface area (Å²) < 4.78 is 28.2. The van der Waals surface area contributed by atoms with Gasteiger partial charge in [-0.25, -0.2) is 8.42 Å². The lowest BCUT2D eigenvalue weighted by Gasteiger charge is -2.21. The van der Waals surface area contributed by atoms with Gasteiger partial charge in [0.05, 0.1) is 10.6 Å². The number of sulfonamides is 1. The number of amides is 1. The third-order valence-corrected chi connectivity index (χ3v) is 5.93. The van der Waals surface area contributed by atoms with Crippen LogP contribution in [0.1, 0.15) is 31.4 Å². The van der Waals surface area contributed by atoms with E-state index in [4.69, 9.17) is 11.6 Å². The van der Waals surface area contributed by atoms with Crippen LogP contribution in [0.15, 0.2) is 53.4 Å². The molecule has 0 heterocycles. The third kappa shape index (κ3) is 5.97. The number of nitrogens with one attached hydrogen (secondary N) is 1. The van der Waals surface area contributed by atoms with Gasteiger partial charge in [-0.2, -0.15) is 0 Å². The highest BCUT2D eigenvalue weighted by molar-refractivity contribution is 7.92. The van der Waals surface area contributed by atoms with Gasteiger partial charge in [-0.05, 0) is 49.1 Å². The van der Waals surface area contributed by atoms with Gasteiger partial charge in [0.1, 0.15) is 0 Å². The molecule has 0 fully saturated rings. The molecular formula is C20H25ClN2O3S. The maximum Gasteiger partial charge on any atom is 0.261 e. The molecule has 0 saturated heterocycles. The Hall–Kier alpha value is -2.05. The van der Waals surface area contributed by atoms with E-state index in [0.29, 0.717) is 24.7 Å². The fourth-order valence-corrected chi connectivity index (χ4v) is 3.95. The Labute approximate surface area is 166 Å². The minimum atomic E-state index is -3.72. The zero-order chi connectivity index (χ0) is 19.9. The van der Waals surface area contributed by atoms with Crippen molar-refractivity contribution < 1.29 is 13.2 Å². The van der Waals surface area contributed by atoms with Gasteiger partial charge in [-0.3, -0.25) is 9.52 Å². The lowest BCUT2D eigenvalue weighted by molar-refractivity contribution is -0.129. The highest BCUT2D eigenvalue weighted by atomic mass is 35.5. The van der Waals surface area contributed by atoms with Crippen molar-refractivity contribution in [2.75, 3.05) is 17.1 Å². The molecule has 146 valence electrons. The smallest absolute Gasteiger partial charge is 0.261 e. The van der Waals surface area contributed by atoms with E-state index in [1.807, 2.05) is 31.2 Å². The van der Waals surface area contributed by atoms with Crippen molar-refractivity contribution in [2.24, 2.45) is 0 Å². The SMILES string of the molecule is CCN(Cc1ccccc1NS(=O)(=O)c1ccc(CCCCl)cc1)C(C)=O. The van der Waals surface area contributed by atoms with Gasteiger partial charge in [0, 0.05) is 25.9 Å². The topological polar surface area (TPSA) is 66.5 Å². The van der Waals surface area contributed by atoms with Gasteiger partial charge in [-0.1, -0.05) is 30.3 Å². The zero-order valence-corrected chi connectivity index (χ0v) is 17.2. The monoisotopic (exact) mass is 408 g/mol. The molecule has 7 heteroatoms. The summed E-state index contributed by atoms with van der Waals surface area (Å²) in [5, 5.41) is 0. The number of hydrogen-bond acceptors (Lipinski definition) is 3. The van der Waals surface area contributed by atoms with E-state index in [-0.39, 0.29) is 10.8 Å². The molecule has 27 heavy (non-hydrogen) atoms. The summed E-state index contributed by atoms with van der Waals surface area (Å²) in [4.78, 5) is 13.5. The van der Waals surface area contributed by atoms with E-state index in [2.05, 4.69) is 4.72 Å². The van der Waals surface area contributed by atoms with Crippen molar-refractivity contribution >= 4 is 33.2 Å². The number of halogens is 1. The largest absolute Gasteiger partial charge is 0.339 e. The normalized spacial score (nSPS) is 11.2. The Morgan fingerprint density at radius 1 is 1.11 bits per heavy atom. The van der Waals surface area contributed by atoms with E-state index in [0.717, 1.165) is 24.0 Å². The number of rotatable bonds is 9. The average Bonchev–Trinajstić information content (AvgIpc) is 2.65. The van der Waals surface area contributed by atoms with E-state index in [1.165, 1.54) is 6.92 Å². The molecule has 2 aromatic rings. The molecule has 0 radical (unpaired) electrons. The molecule has 1 amide bonds. The summed E-state index contributed by atoms with van der Waals surface area (Å²) in [6.07, 6.45) is 1.67. The van der Waals surface area contributed by atoms with E-state index >= 15 is 0 Å². The fourth-order valence-electron chi connectivity index (χ4n) is 2.72. The second-order valence-corrected chi connectivity index (χ2v) is 8.29. The molecule has 0 aliphatic heterocycles. The highest BCUT2D eigenvalue weighted by Gasteiger charge is 2.17. The number of para-hydroxylation sites is 1. The summed E-state index contributed by atoms with van der Waals surface area (Å²) >= 11 is 5.70. The molecule has 0 spiro atoms. The van der Waals surface area contributed by atoms with Crippen LogP contribution < -0.4 is 4.72 Å². The van der Waals surface area contributed by atoms with Crippen molar-refractivity contribution in [2.45, 2.75) is 38.1 Å². The summed E-state index contributed by atoms with van der Waals surface area (Å²) in [6.45, 7) is 4.30. The Morgan fingerprint density at radius 3 is 2.37 bits per heavy atom. The van der Waals surface area contributed by atoms with Crippen molar-refractivity contribution in [1.82, 2.24) is 4.90 Å². The van der Waals surface area contributed by atoms with Crippen molar-refractivity contribution in [3.63, 3.8) is 0 Å². The summed E-state index contributed by atoms with van der Waals surface area (Å²) in [7, 11) is -3.72. The second-order valence-electron chi connectivity index (χ2n) is 6.23. The number of carbonyl (C=O) groups excluding carboxylic acids is 1. The van der Waals surface area contributed by atoms with Crippen LogP contribution in [-0.4, -0.2) is 31.6 Å². The Morgan fingerprint density at radius 2 is 1.78 bits per heavy atom. The molecule has 2 rings (SSSR count). The van der Waals surface area contributed by atoms with Gasteiger partial charge in [0.2, 0.25) is 5.91 Å². The maximum atomic E-state index is 12.8. The van der Waals surface area contributed by atoms with Crippen molar-refractivity contribution in [3.05, 3.63) is 59.7 Å². The predicted molar refractivity (Wildman–Crippen MR) is 109 cm³/mol. The minimum Gasteiger partial charge on any atom is -0.339 e. The number of benzene rings is 2. The molecular weight excluding hydrogens is 384 g/mol. The molecule has 0 aliphatic rings. The lowest BCUT2D eigenvalue weighted by atomic mass is 10.1. The first-order valence-electron chi connectivity index (χ1n) is 8.88. The van der Waals surface area contributed by atoms with Crippen molar-refractivity contribution in [3.8, 4) is 0 Å². The molecule has 0 saturated carbocycles. The number of aryl methyl sites for hydroxylation is 1. The molecule has 0 unspecified atom stereocenters. The predicted octanol–water partition coefficient (Wildman–Crippen LogP) is 4.03. The van der Waals surface area contributed by atoms with Crippen LogP contribution in [0.3, 0.4) is 0 Å². The summed E-state index contributed by atoms with van der Waals surface area (Å²) in [5.41, 5.74) is 2.27. The van der Waals surface area contributed by atoms with Gasteiger partial charge < -0.3 is 4.90 Å². The molecule has 0 aromatic heterocycles. The maximum absolute atomic E-state index is 12.8. The van der Waals surface area contributed by atoms with E-state index < -0.39 is 10.0 Å². The van der Waals surface area contributed by atoms with Crippen molar-refractivity contribution in [1.29, 1.82) is 0 Å². The minimum absolute atomic E-state index is 0.0531.